The number of thiophene rings is 1. The summed E-state index contributed by atoms with van der Waals surface area (Å²) in [4.78, 5) is 12.2. The number of Topliss-reactive ketones (excluding diaryl/α,β-unsaturated/α-hetero) is 1. The third-order valence-electron chi connectivity index (χ3n) is 2.50. The van der Waals surface area contributed by atoms with Gasteiger partial charge in [-0.3, -0.25) is 4.79 Å². The van der Waals surface area contributed by atoms with Gasteiger partial charge in [0.05, 0.1) is 5.75 Å². The summed E-state index contributed by atoms with van der Waals surface area (Å²) in [5.74, 6) is 0.244. The summed E-state index contributed by atoms with van der Waals surface area (Å²) in [6.45, 7) is 0. The molecular formula is C14H13FOS2. The molecule has 4 heteroatoms. The molecule has 0 saturated carbocycles. The average Bonchev–Trinajstić information content (AvgIpc) is 2.88. The van der Waals surface area contributed by atoms with Crippen LogP contribution in [0.4, 0.5) is 4.39 Å². The van der Waals surface area contributed by atoms with Crippen molar-refractivity contribution in [3.8, 4) is 0 Å². The highest BCUT2D eigenvalue weighted by Gasteiger charge is 2.06. The van der Waals surface area contributed by atoms with Crippen LogP contribution >= 0.6 is 23.1 Å². The monoisotopic (exact) mass is 280 g/mol. The lowest BCUT2D eigenvalue weighted by atomic mass is 10.1. The number of halogens is 1. The van der Waals surface area contributed by atoms with Crippen LogP contribution in [0.25, 0.3) is 0 Å². The third kappa shape index (κ3) is 3.96. The Labute approximate surface area is 114 Å². The fraction of sp³-hybridized carbons (Fsp3) is 0.214. The zero-order chi connectivity index (χ0) is 12.8. The standard InChI is InChI=1S/C14H13FOS2/c15-13-3-1-2-4-14(13)18-10-12(16)6-5-11-7-8-17-9-11/h1-4,7-9H,5-6,10H2. The first kappa shape index (κ1) is 13.3. The van der Waals surface area contributed by atoms with E-state index in [1.165, 1.54) is 23.4 Å². The van der Waals surface area contributed by atoms with Crippen LogP contribution in [0, 0.1) is 5.82 Å². The van der Waals surface area contributed by atoms with Crippen LogP contribution < -0.4 is 0 Å². The SMILES string of the molecule is O=C(CCc1ccsc1)CSc1ccccc1F. The Hall–Kier alpha value is -1.13. The first-order chi connectivity index (χ1) is 8.75. The van der Waals surface area contributed by atoms with Gasteiger partial charge in [0.2, 0.25) is 0 Å². The van der Waals surface area contributed by atoms with Gasteiger partial charge in [-0.25, -0.2) is 4.39 Å². The highest BCUT2D eigenvalue weighted by Crippen LogP contribution is 2.21. The number of ketones is 1. The molecule has 1 nitrogen and oxygen atoms in total. The summed E-state index contributed by atoms with van der Waals surface area (Å²) in [5, 5.41) is 4.06. The van der Waals surface area contributed by atoms with Gasteiger partial charge in [-0.15, -0.1) is 11.8 Å². The first-order valence-electron chi connectivity index (χ1n) is 5.66. The Kier molecular flexibility index (Phi) is 4.96. The second-order valence-corrected chi connectivity index (χ2v) is 5.69. The highest BCUT2D eigenvalue weighted by atomic mass is 32.2. The molecule has 18 heavy (non-hydrogen) atoms. The van der Waals surface area contributed by atoms with E-state index in [2.05, 4.69) is 5.38 Å². The topological polar surface area (TPSA) is 17.1 Å². The van der Waals surface area contributed by atoms with Crippen LogP contribution in [0.3, 0.4) is 0 Å². The van der Waals surface area contributed by atoms with Crippen molar-refractivity contribution in [2.75, 3.05) is 5.75 Å². The average molecular weight is 280 g/mol. The van der Waals surface area contributed by atoms with Crippen LogP contribution in [-0.2, 0) is 11.2 Å². The van der Waals surface area contributed by atoms with Crippen LogP contribution in [0.1, 0.15) is 12.0 Å². The minimum absolute atomic E-state index is 0.162. The quantitative estimate of drug-likeness (QED) is 0.738. The normalized spacial score (nSPS) is 10.5. The summed E-state index contributed by atoms with van der Waals surface area (Å²) in [6, 6.07) is 8.57. The van der Waals surface area contributed by atoms with E-state index >= 15 is 0 Å². The molecule has 0 aliphatic rings. The van der Waals surface area contributed by atoms with Gasteiger partial charge in [0.15, 0.2) is 0 Å². The maximum atomic E-state index is 13.3. The molecule has 1 aromatic heterocycles. The number of carbonyl (C=O) groups excluding carboxylic acids is 1. The lowest BCUT2D eigenvalue weighted by molar-refractivity contribution is -0.116. The van der Waals surface area contributed by atoms with Crippen molar-refractivity contribution in [2.24, 2.45) is 0 Å². The third-order valence-corrected chi connectivity index (χ3v) is 4.34. The molecular weight excluding hydrogens is 267 g/mol. The minimum atomic E-state index is -0.256. The molecule has 94 valence electrons. The number of thioether (sulfide) groups is 1. The van der Waals surface area contributed by atoms with Gasteiger partial charge >= 0.3 is 0 Å². The van der Waals surface area contributed by atoms with Crippen molar-refractivity contribution in [1.82, 2.24) is 0 Å². The summed E-state index contributed by atoms with van der Waals surface area (Å²) in [5.41, 5.74) is 1.20. The molecule has 0 aliphatic carbocycles. The van der Waals surface area contributed by atoms with Crippen LogP contribution in [0.15, 0.2) is 46.0 Å². The summed E-state index contributed by atoms with van der Waals surface area (Å²) in [6.07, 6.45) is 1.30. The zero-order valence-electron chi connectivity index (χ0n) is 9.77. The van der Waals surface area contributed by atoms with Crippen molar-refractivity contribution in [1.29, 1.82) is 0 Å². The van der Waals surface area contributed by atoms with E-state index < -0.39 is 0 Å². The maximum absolute atomic E-state index is 13.3. The van der Waals surface area contributed by atoms with Crippen molar-refractivity contribution >= 4 is 28.9 Å². The zero-order valence-corrected chi connectivity index (χ0v) is 11.4. The van der Waals surface area contributed by atoms with Crippen molar-refractivity contribution in [2.45, 2.75) is 17.7 Å². The number of benzene rings is 1. The Balaban J connectivity index is 1.77. The van der Waals surface area contributed by atoms with E-state index in [0.29, 0.717) is 17.1 Å². The fourth-order valence-corrected chi connectivity index (χ4v) is 3.06. The molecule has 0 radical (unpaired) electrons. The van der Waals surface area contributed by atoms with Crippen molar-refractivity contribution in [3.63, 3.8) is 0 Å². The van der Waals surface area contributed by atoms with Gasteiger partial charge in [-0.05, 0) is 40.9 Å². The second kappa shape index (κ2) is 6.71. The van der Waals surface area contributed by atoms with Gasteiger partial charge in [-0.1, -0.05) is 12.1 Å². The molecule has 0 bridgehead atoms. The second-order valence-electron chi connectivity index (χ2n) is 3.89. The molecule has 0 fully saturated rings. The highest BCUT2D eigenvalue weighted by molar-refractivity contribution is 8.00. The van der Waals surface area contributed by atoms with E-state index in [1.807, 2.05) is 11.4 Å². The molecule has 0 aliphatic heterocycles. The Morgan fingerprint density at radius 3 is 2.83 bits per heavy atom. The van der Waals surface area contributed by atoms with Crippen LogP contribution in [-0.4, -0.2) is 11.5 Å². The van der Waals surface area contributed by atoms with Crippen molar-refractivity contribution < 1.29 is 9.18 Å². The molecule has 2 aromatic rings. The van der Waals surface area contributed by atoms with Gasteiger partial charge in [0, 0.05) is 11.3 Å². The van der Waals surface area contributed by atoms with E-state index in [9.17, 15) is 9.18 Å². The number of rotatable bonds is 6. The number of hydrogen-bond donors (Lipinski definition) is 0. The molecule has 0 atom stereocenters. The summed E-state index contributed by atoms with van der Waals surface area (Å²) < 4.78 is 13.3. The summed E-state index contributed by atoms with van der Waals surface area (Å²) in [7, 11) is 0. The molecule has 0 unspecified atom stereocenters. The van der Waals surface area contributed by atoms with E-state index in [1.54, 1.807) is 29.5 Å². The maximum Gasteiger partial charge on any atom is 0.143 e. The van der Waals surface area contributed by atoms with E-state index in [-0.39, 0.29) is 11.6 Å². The smallest absolute Gasteiger partial charge is 0.143 e. The van der Waals surface area contributed by atoms with E-state index in [0.717, 1.165) is 6.42 Å². The molecule has 0 spiro atoms. The number of carbonyl (C=O) groups is 1. The molecule has 0 N–H and O–H groups in total. The predicted molar refractivity (Wildman–Crippen MR) is 74.8 cm³/mol. The molecule has 0 amide bonds. The number of hydrogen-bond acceptors (Lipinski definition) is 3. The van der Waals surface area contributed by atoms with Crippen molar-refractivity contribution in [3.05, 3.63) is 52.5 Å². The lowest BCUT2D eigenvalue weighted by Crippen LogP contribution is -2.03. The van der Waals surface area contributed by atoms with Gasteiger partial charge in [-0.2, -0.15) is 11.3 Å². The Morgan fingerprint density at radius 2 is 2.11 bits per heavy atom. The van der Waals surface area contributed by atoms with Gasteiger partial charge < -0.3 is 0 Å². The predicted octanol–water partition coefficient (Wildman–Crippen LogP) is 4.18. The summed E-state index contributed by atoms with van der Waals surface area (Å²) >= 11 is 2.91. The largest absolute Gasteiger partial charge is 0.299 e. The molecule has 2 rings (SSSR count). The Bertz CT molecular complexity index is 508. The van der Waals surface area contributed by atoms with E-state index in [4.69, 9.17) is 0 Å². The Morgan fingerprint density at radius 1 is 1.28 bits per heavy atom. The van der Waals surface area contributed by atoms with Gasteiger partial charge in [0.25, 0.3) is 0 Å². The first-order valence-corrected chi connectivity index (χ1v) is 7.58. The van der Waals surface area contributed by atoms with Crippen LogP contribution in [0.2, 0.25) is 0 Å². The minimum Gasteiger partial charge on any atom is -0.299 e. The van der Waals surface area contributed by atoms with Crippen LogP contribution in [0.5, 0.6) is 0 Å². The molecule has 0 saturated heterocycles. The molecule has 1 heterocycles. The fourth-order valence-electron chi connectivity index (χ4n) is 1.51. The molecule has 1 aromatic carbocycles. The lowest BCUT2D eigenvalue weighted by Gasteiger charge is -2.02. The van der Waals surface area contributed by atoms with Gasteiger partial charge in [0.1, 0.15) is 11.6 Å². The number of aryl methyl sites for hydroxylation is 1.